The largest absolute Gasteiger partial charge is 0.354 e. The Morgan fingerprint density at radius 2 is 1.82 bits per heavy atom. The summed E-state index contributed by atoms with van der Waals surface area (Å²) in [6, 6.07) is 0. The van der Waals surface area contributed by atoms with Crippen molar-refractivity contribution in [2.75, 3.05) is 45.7 Å². The second-order valence-electron chi connectivity index (χ2n) is 6.91. The van der Waals surface area contributed by atoms with Crippen molar-refractivity contribution in [1.82, 2.24) is 18.9 Å². The highest BCUT2D eigenvalue weighted by Crippen LogP contribution is 2.50. The monoisotopic (exact) mass is 449 g/mol. The van der Waals surface area contributed by atoms with Crippen LogP contribution >= 0.6 is 30.7 Å². The third-order valence-electron chi connectivity index (χ3n) is 4.48. The Labute approximate surface area is 174 Å². The maximum absolute atomic E-state index is 13.4. The molecular formula is C17H29FN5O2PS2. The first-order chi connectivity index (χ1) is 13.1. The first-order valence-electron chi connectivity index (χ1n) is 9.09. The lowest BCUT2D eigenvalue weighted by molar-refractivity contribution is 0.454. The Morgan fingerprint density at radius 1 is 1.18 bits per heavy atom. The molecule has 0 atom stereocenters. The van der Waals surface area contributed by atoms with Crippen molar-refractivity contribution < 1.29 is 8.96 Å². The Hall–Kier alpha value is -0.930. The highest BCUT2D eigenvalue weighted by Gasteiger charge is 2.32. The lowest BCUT2D eigenvalue weighted by Crippen LogP contribution is -2.26. The van der Waals surface area contributed by atoms with Gasteiger partial charge in [-0.3, -0.25) is 18.6 Å². The van der Waals surface area contributed by atoms with Crippen molar-refractivity contribution in [3.8, 4) is 5.69 Å². The minimum absolute atomic E-state index is 0.290. The van der Waals surface area contributed by atoms with Crippen LogP contribution in [0.3, 0.4) is 0 Å². The lowest BCUT2D eigenvalue weighted by atomic mass is 10.3. The van der Waals surface area contributed by atoms with Crippen molar-refractivity contribution in [3.05, 3.63) is 21.1 Å². The van der Waals surface area contributed by atoms with Crippen LogP contribution in [0, 0.1) is 13.8 Å². The molecule has 2 aliphatic heterocycles. The number of aromatic nitrogens is 2. The van der Waals surface area contributed by atoms with Gasteiger partial charge in [-0.05, 0) is 60.6 Å². The molecule has 158 valence electrons. The van der Waals surface area contributed by atoms with E-state index in [1.807, 2.05) is 13.8 Å². The second kappa shape index (κ2) is 9.71. The summed E-state index contributed by atoms with van der Waals surface area (Å²) >= 11 is 3.23. The van der Waals surface area contributed by atoms with Crippen LogP contribution in [0.4, 0.5) is 10.2 Å². The predicted octanol–water partition coefficient (Wildman–Crippen LogP) is 4.22. The Kier molecular flexibility index (Phi) is 8.10. The van der Waals surface area contributed by atoms with Gasteiger partial charge in [0.2, 0.25) is 0 Å². The lowest BCUT2D eigenvalue weighted by Gasteiger charge is -2.31. The number of halogens is 1. The number of nitrogens with zero attached hydrogens (tertiary/aromatic N) is 4. The van der Waals surface area contributed by atoms with Crippen LogP contribution in [0.2, 0.25) is 0 Å². The second-order valence-corrected chi connectivity index (χ2v) is 12.4. The topological polar surface area (TPSA) is 70.5 Å². The summed E-state index contributed by atoms with van der Waals surface area (Å²) in [5, 5.41) is 3.04. The molecule has 2 heterocycles. The molecule has 0 aromatic carbocycles. The zero-order chi connectivity index (χ0) is 21.1. The molecule has 0 aromatic rings. The average molecular weight is 450 g/mol. The van der Waals surface area contributed by atoms with Gasteiger partial charge < -0.3 is 0 Å². The molecule has 0 aliphatic carbocycles. The van der Waals surface area contributed by atoms with Gasteiger partial charge in [-0.1, -0.05) is 6.42 Å². The van der Waals surface area contributed by atoms with Gasteiger partial charge in [-0.2, -0.15) is 4.98 Å². The SMILES string of the molecule is Cc1sc(SCCCCCF)c2c(NP(=O)(N(C)C)N(C)C)nc(=O)n-2c1C. The molecule has 0 unspecified atom stereocenters. The summed E-state index contributed by atoms with van der Waals surface area (Å²) < 4.78 is 31.4. The van der Waals surface area contributed by atoms with Crippen molar-refractivity contribution in [3.63, 3.8) is 0 Å². The van der Waals surface area contributed by atoms with Gasteiger partial charge in [-0.25, -0.2) is 14.1 Å². The number of nitrogens with one attached hydrogen (secondary N) is 1. The number of imidazole rings is 1. The average Bonchev–Trinajstić information content (AvgIpc) is 2.94. The standard InChI is InChI=1S/C17H29FN5O2PS2/c1-12-13(2)28-16(27-11-9-7-8-10-18)14-15(19-17(24)23(12)14)20-26(25,21(3)4)22(5)6/h7-11H2,1-6H3,(H,19,20,24,25). The van der Waals surface area contributed by atoms with Crippen LogP contribution in [0.25, 0.3) is 5.69 Å². The van der Waals surface area contributed by atoms with Gasteiger partial charge >= 0.3 is 13.3 Å². The van der Waals surface area contributed by atoms with Gasteiger partial charge in [0.15, 0.2) is 5.82 Å². The van der Waals surface area contributed by atoms with Crippen LogP contribution in [-0.4, -0.2) is 59.5 Å². The molecule has 0 aromatic heterocycles. The van der Waals surface area contributed by atoms with Crippen molar-refractivity contribution in [1.29, 1.82) is 0 Å². The number of unbranched alkanes of at least 4 members (excludes halogenated alkanes) is 2. The fraction of sp³-hybridized carbons (Fsp3) is 0.647. The zero-order valence-electron chi connectivity index (χ0n) is 17.3. The van der Waals surface area contributed by atoms with Crippen LogP contribution < -0.4 is 10.8 Å². The molecule has 1 N–H and O–H groups in total. The molecule has 0 saturated heterocycles. The Bertz CT molecular complexity index is 871. The summed E-state index contributed by atoms with van der Waals surface area (Å²) in [5.41, 5.74) is 1.11. The minimum Gasteiger partial charge on any atom is -0.295 e. The van der Waals surface area contributed by atoms with E-state index in [1.54, 1.807) is 65.2 Å². The molecule has 0 saturated carbocycles. The number of fused-ring (bicyclic) bond motifs is 1. The zero-order valence-corrected chi connectivity index (χ0v) is 19.8. The molecule has 0 fully saturated rings. The van der Waals surface area contributed by atoms with Crippen molar-refractivity contribution >= 4 is 36.5 Å². The molecule has 2 rings (SSSR count). The highest BCUT2D eigenvalue weighted by atomic mass is 32.2. The normalized spacial score (nSPS) is 12.5. The molecule has 0 radical (unpaired) electrons. The van der Waals surface area contributed by atoms with Crippen LogP contribution in [0.15, 0.2) is 9.00 Å². The van der Waals surface area contributed by atoms with E-state index in [0.29, 0.717) is 17.9 Å². The number of aryl methyl sites for hydroxylation is 1. The maximum atomic E-state index is 13.4. The molecule has 0 amide bonds. The van der Waals surface area contributed by atoms with Gasteiger partial charge in [-0.15, -0.1) is 23.1 Å². The molecule has 28 heavy (non-hydrogen) atoms. The molecule has 0 bridgehead atoms. The highest BCUT2D eigenvalue weighted by molar-refractivity contribution is 8.01. The molecule has 11 heteroatoms. The van der Waals surface area contributed by atoms with Gasteiger partial charge in [0.25, 0.3) is 0 Å². The maximum Gasteiger partial charge on any atom is 0.354 e. The van der Waals surface area contributed by atoms with Crippen LogP contribution in [0.5, 0.6) is 0 Å². The molecule has 2 aliphatic rings. The van der Waals surface area contributed by atoms with E-state index in [2.05, 4.69) is 10.1 Å². The van der Waals surface area contributed by atoms with E-state index in [4.69, 9.17) is 0 Å². The number of alkyl halides is 1. The van der Waals surface area contributed by atoms with E-state index in [9.17, 15) is 13.8 Å². The van der Waals surface area contributed by atoms with Crippen molar-refractivity contribution in [2.24, 2.45) is 0 Å². The number of anilines is 1. The van der Waals surface area contributed by atoms with E-state index in [1.165, 1.54) is 0 Å². The summed E-state index contributed by atoms with van der Waals surface area (Å²) in [4.78, 5) is 17.8. The number of thioether (sulfide) groups is 1. The number of hydrogen-bond acceptors (Lipinski definition) is 5. The molecular weight excluding hydrogens is 420 g/mol. The van der Waals surface area contributed by atoms with E-state index < -0.39 is 7.59 Å². The van der Waals surface area contributed by atoms with E-state index in [0.717, 1.165) is 33.4 Å². The third kappa shape index (κ3) is 4.79. The van der Waals surface area contributed by atoms with E-state index >= 15 is 0 Å². The van der Waals surface area contributed by atoms with Crippen LogP contribution in [-0.2, 0) is 4.57 Å². The number of hydrogen-bond donors (Lipinski definition) is 1. The summed E-state index contributed by atoms with van der Waals surface area (Å²) in [5.74, 6) is 1.16. The first-order valence-corrected chi connectivity index (χ1v) is 12.5. The van der Waals surface area contributed by atoms with Gasteiger partial charge in [0.05, 0.1) is 10.9 Å². The fourth-order valence-electron chi connectivity index (χ4n) is 2.73. The Balaban J connectivity index is 2.47. The smallest absolute Gasteiger partial charge is 0.295 e. The quantitative estimate of drug-likeness (QED) is 0.331. The summed E-state index contributed by atoms with van der Waals surface area (Å²) in [6.45, 7) is 3.57. The Morgan fingerprint density at radius 3 is 2.39 bits per heavy atom. The third-order valence-corrected chi connectivity index (χ3v) is 9.68. The van der Waals surface area contributed by atoms with E-state index in [-0.39, 0.29) is 12.4 Å². The minimum atomic E-state index is -3.11. The fourth-order valence-corrected chi connectivity index (χ4v) is 6.80. The van der Waals surface area contributed by atoms with Gasteiger partial charge in [0.1, 0.15) is 5.69 Å². The number of rotatable bonds is 10. The van der Waals surface area contributed by atoms with Gasteiger partial charge in [0, 0.05) is 10.6 Å². The first kappa shape index (κ1) is 23.3. The molecule has 7 nitrogen and oxygen atoms in total. The predicted molar refractivity (Wildman–Crippen MR) is 118 cm³/mol. The summed E-state index contributed by atoms with van der Waals surface area (Å²) in [7, 11) is 3.79. The molecule has 0 spiro atoms. The summed E-state index contributed by atoms with van der Waals surface area (Å²) in [6.07, 6.45) is 2.31. The van der Waals surface area contributed by atoms with Crippen LogP contribution in [0.1, 0.15) is 29.8 Å². The van der Waals surface area contributed by atoms with Crippen molar-refractivity contribution in [2.45, 2.75) is 37.3 Å².